The Morgan fingerprint density at radius 2 is 1.88 bits per heavy atom. The molecule has 0 atom stereocenters. The summed E-state index contributed by atoms with van der Waals surface area (Å²) in [4.78, 5) is 8.99. The molecule has 0 aliphatic heterocycles. The van der Waals surface area contributed by atoms with Crippen molar-refractivity contribution in [3.05, 3.63) is 52.2 Å². The number of aromatic nitrogens is 2. The predicted molar refractivity (Wildman–Crippen MR) is 76.5 cm³/mol. The molecule has 1 heterocycles. The molecule has 0 aliphatic carbocycles. The van der Waals surface area contributed by atoms with E-state index < -0.39 is 0 Å². The maximum atomic E-state index is 5.89. The zero-order valence-corrected chi connectivity index (χ0v) is 11.5. The minimum atomic E-state index is 0.334. The fraction of sp³-hybridized carbons (Fsp3) is 0.0909. The number of nitrogens with one attached hydrogen (secondary N) is 1. The second-order valence-electron chi connectivity index (χ2n) is 2.97. The second kappa shape index (κ2) is 6.69. The Labute approximate surface area is 115 Å². The molecule has 17 heavy (non-hydrogen) atoms. The van der Waals surface area contributed by atoms with Crippen LogP contribution in [0.4, 0.5) is 5.95 Å². The van der Waals surface area contributed by atoms with E-state index in [-0.39, 0.29) is 0 Å². The lowest BCUT2D eigenvalue weighted by molar-refractivity contribution is 1.15. The van der Waals surface area contributed by atoms with Crippen molar-refractivity contribution in [1.29, 1.82) is 0 Å². The first-order chi connectivity index (χ1) is 8.08. The SMILES string of the molecule is C=C/C=C(\C=C)SNc1nc(Cl)c(C)c(Cl)n1. The lowest BCUT2D eigenvalue weighted by Gasteiger charge is -2.06. The van der Waals surface area contributed by atoms with Crippen molar-refractivity contribution < 1.29 is 0 Å². The standard InChI is InChI=1S/C11H11Cl2N3S/c1-4-6-8(5-2)17-16-11-14-9(12)7(3)10(13)15-11/h4-6H,1-2H2,3H3,(H,14,15,16)/b8-6+. The monoisotopic (exact) mass is 287 g/mol. The highest BCUT2D eigenvalue weighted by Gasteiger charge is 2.07. The normalized spacial score (nSPS) is 11.1. The Morgan fingerprint density at radius 1 is 1.29 bits per heavy atom. The van der Waals surface area contributed by atoms with E-state index in [1.165, 1.54) is 11.9 Å². The largest absolute Gasteiger partial charge is 0.294 e. The molecule has 0 saturated carbocycles. The average molecular weight is 288 g/mol. The van der Waals surface area contributed by atoms with Crippen LogP contribution in [0.25, 0.3) is 0 Å². The summed E-state index contributed by atoms with van der Waals surface area (Å²) in [5, 5.41) is 0.668. The van der Waals surface area contributed by atoms with Crippen LogP contribution in [0.3, 0.4) is 0 Å². The number of allylic oxidation sites excluding steroid dienone is 3. The fourth-order valence-corrected chi connectivity index (χ4v) is 1.81. The molecule has 1 N–H and O–H groups in total. The summed E-state index contributed by atoms with van der Waals surface area (Å²) in [5.41, 5.74) is 0.662. The Kier molecular flexibility index (Phi) is 5.55. The third-order valence-electron chi connectivity index (χ3n) is 1.77. The van der Waals surface area contributed by atoms with Gasteiger partial charge in [-0.15, -0.1) is 0 Å². The van der Waals surface area contributed by atoms with Crippen LogP contribution in [0.1, 0.15) is 5.56 Å². The maximum absolute atomic E-state index is 5.89. The Hall–Kier alpha value is -0.970. The first-order valence-corrected chi connectivity index (χ1v) is 6.23. The van der Waals surface area contributed by atoms with Gasteiger partial charge in [0.2, 0.25) is 5.95 Å². The molecule has 0 amide bonds. The quantitative estimate of drug-likeness (QED) is 0.495. The molecule has 1 aromatic heterocycles. The molecule has 1 rings (SSSR count). The van der Waals surface area contributed by atoms with Crippen LogP contribution < -0.4 is 4.72 Å². The number of anilines is 1. The molecule has 0 bridgehead atoms. The first-order valence-electron chi connectivity index (χ1n) is 4.66. The van der Waals surface area contributed by atoms with E-state index >= 15 is 0 Å². The van der Waals surface area contributed by atoms with Crippen LogP contribution in [-0.2, 0) is 0 Å². The van der Waals surface area contributed by atoms with Crippen LogP contribution >= 0.6 is 35.1 Å². The molecule has 0 spiro atoms. The number of nitrogens with zero attached hydrogens (tertiary/aromatic N) is 2. The van der Waals surface area contributed by atoms with E-state index in [0.29, 0.717) is 21.8 Å². The van der Waals surface area contributed by atoms with Crippen LogP contribution in [-0.4, -0.2) is 9.97 Å². The van der Waals surface area contributed by atoms with E-state index in [1.54, 1.807) is 19.1 Å². The smallest absolute Gasteiger partial charge is 0.236 e. The predicted octanol–water partition coefficient (Wildman–Crippen LogP) is 4.41. The third-order valence-corrected chi connectivity index (χ3v) is 3.33. The lowest BCUT2D eigenvalue weighted by atomic mass is 10.4. The van der Waals surface area contributed by atoms with Crippen molar-refractivity contribution in [3.8, 4) is 0 Å². The third kappa shape index (κ3) is 4.07. The zero-order valence-electron chi connectivity index (χ0n) is 9.20. The van der Waals surface area contributed by atoms with Crippen molar-refractivity contribution in [2.24, 2.45) is 0 Å². The Morgan fingerprint density at radius 3 is 2.35 bits per heavy atom. The molecule has 0 radical (unpaired) electrons. The van der Waals surface area contributed by atoms with Crippen LogP contribution in [0.15, 0.2) is 36.3 Å². The van der Waals surface area contributed by atoms with Gasteiger partial charge in [-0.1, -0.05) is 48.5 Å². The van der Waals surface area contributed by atoms with E-state index in [0.717, 1.165) is 4.91 Å². The number of halogens is 2. The topological polar surface area (TPSA) is 37.8 Å². The van der Waals surface area contributed by atoms with Gasteiger partial charge in [0.15, 0.2) is 0 Å². The highest BCUT2D eigenvalue weighted by Crippen LogP contribution is 2.24. The lowest BCUT2D eigenvalue weighted by Crippen LogP contribution is -1.97. The summed E-state index contributed by atoms with van der Waals surface area (Å²) in [5.74, 6) is 0.354. The molecule has 0 saturated heterocycles. The highest BCUT2D eigenvalue weighted by molar-refractivity contribution is 8.04. The number of hydrogen-bond acceptors (Lipinski definition) is 4. The summed E-state index contributed by atoms with van der Waals surface area (Å²) in [7, 11) is 0. The molecule has 0 unspecified atom stereocenters. The molecule has 0 aromatic carbocycles. The van der Waals surface area contributed by atoms with Gasteiger partial charge in [0, 0.05) is 10.5 Å². The summed E-state index contributed by atoms with van der Waals surface area (Å²) < 4.78 is 2.93. The van der Waals surface area contributed by atoms with E-state index in [1.807, 2.05) is 6.08 Å². The maximum Gasteiger partial charge on any atom is 0.236 e. The van der Waals surface area contributed by atoms with Crippen molar-refractivity contribution in [3.63, 3.8) is 0 Å². The van der Waals surface area contributed by atoms with Gasteiger partial charge in [0.05, 0.1) is 0 Å². The van der Waals surface area contributed by atoms with Crippen molar-refractivity contribution in [2.75, 3.05) is 4.72 Å². The molecular weight excluding hydrogens is 277 g/mol. The molecule has 90 valence electrons. The number of hydrogen-bond donors (Lipinski definition) is 1. The van der Waals surface area contributed by atoms with Gasteiger partial charge in [-0.2, -0.15) is 0 Å². The summed E-state index contributed by atoms with van der Waals surface area (Å²) in [6, 6.07) is 0. The van der Waals surface area contributed by atoms with Gasteiger partial charge in [0.1, 0.15) is 10.3 Å². The summed E-state index contributed by atoms with van der Waals surface area (Å²) in [6.45, 7) is 9.03. The average Bonchev–Trinajstić information content (AvgIpc) is 2.31. The zero-order chi connectivity index (χ0) is 12.8. The van der Waals surface area contributed by atoms with Crippen molar-refractivity contribution >= 4 is 41.1 Å². The molecule has 0 aliphatic rings. The molecule has 1 aromatic rings. The van der Waals surface area contributed by atoms with Crippen LogP contribution in [0.5, 0.6) is 0 Å². The van der Waals surface area contributed by atoms with E-state index in [9.17, 15) is 0 Å². The Balaban J connectivity index is 2.79. The molecule has 3 nitrogen and oxygen atoms in total. The van der Waals surface area contributed by atoms with Crippen molar-refractivity contribution in [1.82, 2.24) is 9.97 Å². The first kappa shape index (κ1) is 14.1. The van der Waals surface area contributed by atoms with E-state index in [4.69, 9.17) is 23.2 Å². The summed E-state index contributed by atoms with van der Waals surface area (Å²) in [6.07, 6.45) is 5.17. The van der Waals surface area contributed by atoms with Gasteiger partial charge >= 0.3 is 0 Å². The Bertz CT molecular complexity index is 449. The van der Waals surface area contributed by atoms with Crippen LogP contribution in [0.2, 0.25) is 10.3 Å². The highest BCUT2D eigenvalue weighted by atomic mass is 35.5. The van der Waals surface area contributed by atoms with Gasteiger partial charge in [-0.3, -0.25) is 4.72 Å². The summed E-state index contributed by atoms with van der Waals surface area (Å²) >= 11 is 13.1. The van der Waals surface area contributed by atoms with Gasteiger partial charge in [-0.25, -0.2) is 9.97 Å². The fourth-order valence-electron chi connectivity index (χ4n) is 0.874. The molecule has 0 fully saturated rings. The van der Waals surface area contributed by atoms with Crippen molar-refractivity contribution in [2.45, 2.75) is 6.92 Å². The van der Waals surface area contributed by atoms with Gasteiger partial charge < -0.3 is 0 Å². The van der Waals surface area contributed by atoms with E-state index in [2.05, 4.69) is 27.8 Å². The molecule has 6 heteroatoms. The number of rotatable bonds is 5. The van der Waals surface area contributed by atoms with Crippen LogP contribution in [0, 0.1) is 6.92 Å². The second-order valence-corrected chi connectivity index (χ2v) is 4.56. The minimum Gasteiger partial charge on any atom is -0.294 e. The molecular formula is C11H11Cl2N3S. The van der Waals surface area contributed by atoms with Gasteiger partial charge in [0.25, 0.3) is 0 Å². The van der Waals surface area contributed by atoms with Gasteiger partial charge in [-0.05, 0) is 24.9 Å². The minimum absolute atomic E-state index is 0.334.